The number of rotatable bonds is 3. The highest BCUT2D eigenvalue weighted by Gasteiger charge is 2.09. The number of hydrogen-bond acceptors (Lipinski definition) is 4. The molecule has 1 aromatic rings. The molecule has 0 aliphatic carbocycles. The first-order chi connectivity index (χ1) is 6.29. The number of nitrogens with one attached hydrogen (secondary N) is 1. The predicted molar refractivity (Wildman–Crippen MR) is 46.4 cm³/mol. The van der Waals surface area contributed by atoms with Gasteiger partial charge in [0.2, 0.25) is 0 Å². The third kappa shape index (κ3) is 2.27. The van der Waals surface area contributed by atoms with Crippen LogP contribution in [0, 0.1) is 0 Å². The molecular formula is C9H11NO3. The molecule has 0 bridgehead atoms. The summed E-state index contributed by atoms with van der Waals surface area (Å²) in [5.74, 6) is -0.397. The van der Waals surface area contributed by atoms with Crippen molar-refractivity contribution in [3.8, 4) is 0 Å². The lowest BCUT2D eigenvalue weighted by molar-refractivity contribution is 0.0598. The molecule has 0 aliphatic heterocycles. The molecule has 1 aromatic carbocycles. The van der Waals surface area contributed by atoms with Gasteiger partial charge in [-0.3, -0.25) is 0 Å². The lowest BCUT2D eigenvalue weighted by atomic mass is 10.1. The minimum Gasteiger partial charge on any atom is -0.465 e. The van der Waals surface area contributed by atoms with Crippen LogP contribution in [-0.2, 0) is 11.3 Å². The summed E-state index contributed by atoms with van der Waals surface area (Å²) in [6.07, 6.45) is 0. The molecule has 0 saturated heterocycles. The Bertz CT molecular complexity index is 299. The Morgan fingerprint density at radius 2 is 2.23 bits per heavy atom. The van der Waals surface area contributed by atoms with Gasteiger partial charge in [0.05, 0.1) is 12.7 Å². The molecule has 0 unspecified atom stereocenters. The van der Waals surface area contributed by atoms with Crippen molar-refractivity contribution in [3.63, 3.8) is 0 Å². The highest BCUT2D eigenvalue weighted by molar-refractivity contribution is 5.90. The van der Waals surface area contributed by atoms with Crippen LogP contribution < -0.4 is 5.48 Å². The number of carbonyl (C=O) groups excluding carboxylic acids is 1. The lowest BCUT2D eigenvalue weighted by Gasteiger charge is -2.05. The topological polar surface area (TPSA) is 58.6 Å². The minimum absolute atomic E-state index is 0.227. The maximum absolute atomic E-state index is 11.2. The first-order valence-electron chi connectivity index (χ1n) is 3.82. The van der Waals surface area contributed by atoms with Crippen LogP contribution in [0.4, 0.5) is 0 Å². The Balaban J connectivity index is 2.97. The van der Waals surface area contributed by atoms with Gasteiger partial charge in [-0.15, -0.1) is 0 Å². The van der Waals surface area contributed by atoms with E-state index in [1.807, 2.05) is 5.48 Å². The Morgan fingerprint density at radius 3 is 2.85 bits per heavy atom. The Kier molecular flexibility index (Phi) is 3.42. The number of methoxy groups -OCH3 is 1. The number of esters is 1. The molecule has 0 atom stereocenters. The van der Waals surface area contributed by atoms with E-state index < -0.39 is 5.97 Å². The monoisotopic (exact) mass is 181 g/mol. The van der Waals surface area contributed by atoms with E-state index in [9.17, 15) is 4.79 Å². The quantitative estimate of drug-likeness (QED) is 0.538. The lowest BCUT2D eigenvalue weighted by Crippen LogP contribution is -2.12. The molecule has 70 valence electrons. The highest BCUT2D eigenvalue weighted by Crippen LogP contribution is 2.09. The van der Waals surface area contributed by atoms with Gasteiger partial charge in [-0.2, -0.15) is 0 Å². The summed E-state index contributed by atoms with van der Waals surface area (Å²) in [5.41, 5.74) is 3.17. The van der Waals surface area contributed by atoms with Crippen LogP contribution in [0.2, 0.25) is 0 Å². The maximum Gasteiger partial charge on any atom is 0.338 e. The number of benzene rings is 1. The molecular weight excluding hydrogens is 170 g/mol. The van der Waals surface area contributed by atoms with Crippen molar-refractivity contribution in [1.29, 1.82) is 0 Å². The van der Waals surface area contributed by atoms with Gasteiger partial charge in [0.1, 0.15) is 0 Å². The molecule has 0 spiro atoms. The van der Waals surface area contributed by atoms with E-state index in [4.69, 9.17) is 5.21 Å². The van der Waals surface area contributed by atoms with E-state index in [0.29, 0.717) is 11.1 Å². The van der Waals surface area contributed by atoms with Gasteiger partial charge in [0.25, 0.3) is 0 Å². The Morgan fingerprint density at radius 1 is 1.54 bits per heavy atom. The number of carbonyl (C=O) groups is 1. The van der Waals surface area contributed by atoms with Gasteiger partial charge in [-0.1, -0.05) is 18.2 Å². The van der Waals surface area contributed by atoms with Crippen molar-refractivity contribution in [3.05, 3.63) is 35.4 Å². The molecule has 0 saturated carbocycles. The zero-order chi connectivity index (χ0) is 9.68. The van der Waals surface area contributed by atoms with Crippen molar-refractivity contribution in [2.75, 3.05) is 7.11 Å². The Labute approximate surface area is 76.1 Å². The van der Waals surface area contributed by atoms with E-state index >= 15 is 0 Å². The van der Waals surface area contributed by atoms with E-state index in [-0.39, 0.29) is 6.54 Å². The minimum atomic E-state index is -0.397. The van der Waals surface area contributed by atoms with Crippen molar-refractivity contribution < 1.29 is 14.7 Å². The second kappa shape index (κ2) is 4.59. The van der Waals surface area contributed by atoms with Crippen LogP contribution >= 0.6 is 0 Å². The summed E-state index contributed by atoms with van der Waals surface area (Å²) < 4.78 is 4.57. The van der Waals surface area contributed by atoms with Gasteiger partial charge in [-0.25, -0.2) is 10.3 Å². The van der Waals surface area contributed by atoms with Gasteiger partial charge >= 0.3 is 5.97 Å². The molecule has 4 nitrogen and oxygen atoms in total. The fourth-order valence-electron chi connectivity index (χ4n) is 1.07. The van der Waals surface area contributed by atoms with Crippen molar-refractivity contribution >= 4 is 5.97 Å². The van der Waals surface area contributed by atoms with Gasteiger partial charge in [0.15, 0.2) is 0 Å². The average Bonchev–Trinajstić information content (AvgIpc) is 2.18. The standard InChI is InChI=1S/C9H11NO3/c1-13-9(11)8-5-3-2-4-7(8)6-10-12/h2-5,10,12H,6H2,1H3. The number of hydroxylamine groups is 1. The summed E-state index contributed by atoms with van der Waals surface area (Å²) in [6, 6.07) is 6.93. The van der Waals surface area contributed by atoms with E-state index in [1.165, 1.54) is 7.11 Å². The summed E-state index contributed by atoms with van der Waals surface area (Å²) in [7, 11) is 1.32. The fourth-order valence-corrected chi connectivity index (χ4v) is 1.07. The van der Waals surface area contributed by atoms with E-state index in [0.717, 1.165) is 0 Å². The average molecular weight is 181 g/mol. The van der Waals surface area contributed by atoms with Crippen LogP contribution in [0.25, 0.3) is 0 Å². The van der Waals surface area contributed by atoms with Gasteiger partial charge in [-0.05, 0) is 11.6 Å². The van der Waals surface area contributed by atoms with Crippen LogP contribution in [0.15, 0.2) is 24.3 Å². The first kappa shape index (κ1) is 9.70. The van der Waals surface area contributed by atoms with Crippen LogP contribution in [-0.4, -0.2) is 18.3 Å². The number of ether oxygens (including phenoxy) is 1. The molecule has 13 heavy (non-hydrogen) atoms. The molecule has 1 rings (SSSR count). The van der Waals surface area contributed by atoms with Crippen LogP contribution in [0.1, 0.15) is 15.9 Å². The summed E-state index contributed by atoms with van der Waals surface area (Å²) in [5, 5.41) is 8.50. The fraction of sp³-hybridized carbons (Fsp3) is 0.222. The van der Waals surface area contributed by atoms with E-state index in [1.54, 1.807) is 24.3 Å². The molecule has 2 N–H and O–H groups in total. The second-order valence-electron chi connectivity index (χ2n) is 2.48. The van der Waals surface area contributed by atoms with Crippen LogP contribution in [0.3, 0.4) is 0 Å². The third-order valence-electron chi connectivity index (χ3n) is 1.69. The van der Waals surface area contributed by atoms with E-state index in [2.05, 4.69) is 4.74 Å². The molecule has 0 aromatic heterocycles. The predicted octanol–water partition coefficient (Wildman–Crippen LogP) is 0.952. The molecule has 0 heterocycles. The zero-order valence-corrected chi connectivity index (χ0v) is 7.28. The number of hydrogen-bond donors (Lipinski definition) is 2. The molecule has 0 radical (unpaired) electrons. The Hall–Kier alpha value is -1.39. The smallest absolute Gasteiger partial charge is 0.338 e. The van der Waals surface area contributed by atoms with Gasteiger partial charge < -0.3 is 9.94 Å². The normalized spacial score (nSPS) is 9.69. The van der Waals surface area contributed by atoms with Gasteiger partial charge in [0, 0.05) is 6.54 Å². The zero-order valence-electron chi connectivity index (χ0n) is 7.28. The SMILES string of the molecule is COC(=O)c1ccccc1CNO. The first-order valence-corrected chi connectivity index (χ1v) is 3.82. The second-order valence-corrected chi connectivity index (χ2v) is 2.48. The van der Waals surface area contributed by atoms with Crippen molar-refractivity contribution in [2.45, 2.75) is 6.54 Å². The maximum atomic E-state index is 11.2. The van der Waals surface area contributed by atoms with Crippen LogP contribution in [0.5, 0.6) is 0 Å². The third-order valence-corrected chi connectivity index (χ3v) is 1.69. The summed E-state index contributed by atoms with van der Waals surface area (Å²) >= 11 is 0. The molecule has 0 amide bonds. The van der Waals surface area contributed by atoms with Crippen molar-refractivity contribution in [1.82, 2.24) is 5.48 Å². The molecule has 0 fully saturated rings. The summed E-state index contributed by atoms with van der Waals surface area (Å²) in [6.45, 7) is 0.227. The highest BCUT2D eigenvalue weighted by atomic mass is 16.5. The molecule has 0 aliphatic rings. The largest absolute Gasteiger partial charge is 0.465 e. The summed E-state index contributed by atoms with van der Waals surface area (Å²) in [4.78, 5) is 11.2. The molecule has 4 heteroatoms. The van der Waals surface area contributed by atoms with Crippen molar-refractivity contribution in [2.24, 2.45) is 0 Å².